The van der Waals surface area contributed by atoms with Gasteiger partial charge < -0.3 is 0 Å². The predicted molar refractivity (Wildman–Crippen MR) is 51.6 cm³/mol. The van der Waals surface area contributed by atoms with Crippen LogP contribution in [0.1, 0.15) is 0 Å². The van der Waals surface area contributed by atoms with Crippen molar-refractivity contribution < 1.29 is 9.54 Å². The molecule has 0 radical (unpaired) electrons. The van der Waals surface area contributed by atoms with Crippen LogP contribution in [0.25, 0.3) is 0 Å². The van der Waals surface area contributed by atoms with E-state index in [0.29, 0.717) is 0 Å². The zero-order chi connectivity index (χ0) is 8.09. The Bertz CT molecular complexity index is 656. The number of hydrogen-bond donors (Lipinski definition) is 0. The van der Waals surface area contributed by atoms with Crippen molar-refractivity contribution in [2.75, 3.05) is 0 Å². The molecule has 0 bridgehead atoms. The molecule has 0 saturated carbocycles. The number of hydrogen-bond acceptors (Lipinski definition) is 0. The average Bonchev–Trinajstić information content (AvgIpc) is 1.27. The topological polar surface area (TPSA) is 0 Å². The van der Waals surface area contributed by atoms with Crippen LogP contribution >= 0.6 is 0 Å². The molecule has 0 aliphatic rings. The van der Waals surface area contributed by atoms with Crippen LogP contribution < -0.4 is 0 Å². The van der Waals surface area contributed by atoms with E-state index in [1.807, 2.05) is 0 Å². The van der Waals surface area contributed by atoms with E-state index in [4.69, 9.17) is 6.42 Å². The van der Waals surface area contributed by atoms with Gasteiger partial charge in [0.2, 0.25) is 0 Å². The Morgan fingerprint density at radius 1 is 0.889 bits per heavy atom. The van der Waals surface area contributed by atoms with Crippen molar-refractivity contribution in [1.82, 2.24) is 0 Å². The SMILES string of the molecule is C#[C][Pt](=[CH2])(=[CH2])(=[CH2])(=[CH2])(=[CH2])=[CH2]. The van der Waals surface area contributed by atoms with Gasteiger partial charge in [0.1, 0.15) is 0 Å². The third-order valence-corrected chi connectivity index (χ3v) is 3.17. The summed E-state index contributed by atoms with van der Waals surface area (Å²) in [7, 11) is -4.71. The average molecular weight is 304 g/mol. The summed E-state index contributed by atoms with van der Waals surface area (Å²) in [5.41, 5.74) is 0. The summed E-state index contributed by atoms with van der Waals surface area (Å²) >= 11 is 0. The zero-order valence-electron chi connectivity index (χ0n) is 5.64. The molecule has 1 heteroatoms. The van der Waals surface area contributed by atoms with Crippen molar-refractivity contribution >= 4 is 29.4 Å². The number of terminal acetylenes is 1. The third-order valence-electron chi connectivity index (χ3n) is 0.387. The standard InChI is InChI=1S/C2H.6CH2.Pt/c1-2;;;;;;;/h1H;6*1H2;. The molecule has 0 nitrogen and oxygen atoms in total. The fourth-order valence-corrected chi connectivity index (χ4v) is 0. The van der Waals surface area contributed by atoms with Crippen LogP contribution in [0, 0.1) is 10.7 Å². The molecule has 0 atom stereocenters. The summed E-state index contributed by atoms with van der Waals surface area (Å²) in [6.07, 6.45) is 5.16. The third kappa shape index (κ3) is 7.47. The van der Waals surface area contributed by atoms with Gasteiger partial charge in [0.05, 0.1) is 0 Å². The van der Waals surface area contributed by atoms with Gasteiger partial charge in [0.25, 0.3) is 0 Å². The normalized spacial score (nSPS) is 23.7. The summed E-state index contributed by atoms with van der Waals surface area (Å²) in [6, 6.07) is 0. The number of rotatable bonds is 0. The summed E-state index contributed by atoms with van der Waals surface area (Å²) in [6.45, 7) is 0. The van der Waals surface area contributed by atoms with E-state index in [1.165, 1.54) is 0 Å². The van der Waals surface area contributed by atoms with Crippen LogP contribution in [-0.4, -0.2) is 29.4 Å². The molecular formula is C8H13Pt. The van der Waals surface area contributed by atoms with Gasteiger partial charge in [-0.1, -0.05) is 0 Å². The van der Waals surface area contributed by atoms with E-state index in [2.05, 4.69) is 33.7 Å². The van der Waals surface area contributed by atoms with E-state index in [1.54, 1.807) is 0 Å². The molecule has 55 valence electrons. The Morgan fingerprint density at radius 2 is 1.00 bits per heavy atom. The molecule has 0 N–H and O–H groups in total. The van der Waals surface area contributed by atoms with Crippen molar-refractivity contribution in [3.05, 3.63) is 0 Å². The summed E-state index contributed by atoms with van der Waals surface area (Å²) in [4.78, 5) is 22.0. The van der Waals surface area contributed by atoms with Gasteiger partial charge >= 0.3 is 49.7 Å². The van der Waals surface area contributed by atoms with Crippen LogP contribution in [-0.2, 0) is 9.54 Å². The fourth-order valence-electron chi connectivity index (χ4n) is 0. The van der Waals surface area contributed by atoms with Crippen molar-refractivity contribution in [3.8, 4) is 10.7 Å². The van der Waals surface area contributed by atoms with Crippen LogP contribution in [0.2, 0.25) is 0 Å². The van der Waals surface area contributed by atoms with Crippen LogP contribution in [0.15, 0.2) is 0 Å². The predicted octanol–water partition coefficient (Wildman–Crippen LogP) is -0.0699. The van der Waals surface area contributed by atoms with Crippen LogP contribution in [0.5, 0.6) is 0 Å². The van der Waals surface area contributed by atoms with E-state index >= 15 is 0 Å². The summed E-state index contributed by atoms with van der Waals surface area (Å²) in [5.74, 6) is 0. The van der Waals surface area contributed by atoms with Gasteiger partial charge in [0.15, 0.2) is 0 Å². The van der Waals surface area contributed by atoms with Crippen molar-refractivity contribution in [3.63, 3.8) is 0 Å². The maximum atomic E-state index is 5.16. The van der Waals surface area contributed by atoms with Gasteiger partial charge in [-0.15, -0.1) is 0 Å². The molecule has 9 heavy (non-hydrogen) atoms. The fraction of sp³-hybridized carbons (Fsp3) is 0. The Labute approximate surface area is 49.9 Å². The molecule has 0 aromatic heterocycles. The zero-order valence-corrected chi connectivity index (χ0v) is 7.91. The molecule has 0 rings (SSSR count). The Morgan fingerprint density at radius 3 is 1.00 bits per heavy atom. The second kappa shape index (κ2) is 0.678. The monoisotopic (exact) mass is 304 g/mol. The molecule has 0 aromatic rings. The maximum absolute atomic E-state index is 5.16. The Hall–Kier alpha value is -0.532. The van der Waals surface area contributed by atoms with E-state index in [9.17, 15) is 0 Å². The first-order valence-corrected chi connectivity index (χ1v) is 12.6. The Kier molecular flexibility index (Phi) is 0.638. The van der Waals surface area contributed by atoms with Gasteiger partial charge in [-0.3, -0.25) is 0 Å². The molecular weight excluding hydrogens is 291 g/mol. The minimum absolute atomic E-state index is 2.34. The van der Waals surface area contributed by atoms with Crippen molar-refractivity contribution in [2.24, 2.45) is 0 Å². The molecule has 0 unspecified atom stereocenters. The molecule has 0 aliphatic carbocycles. The summed E-state index contributed by atoms with van der Waals surface area (Å²) < 4.78 is 2.34. The van der Waals surface area contributed by atoms with Crippen LogP contribution in [0.3, 0.4) is 0 Å². The van der Waals surface area contributed by atoms with Crippen molar-refractivity contribution in [1.29, 1.82) is 0 Å². The first-order valence-electron chi connectivity index (χ1n) is 1.79. The molecule has 0 heterocycles. The van der Waals surface area contributed by atoms with E-state index in [0.717, 1.165) is 0 Å². The van der Waals surface area contributed by atoms with E-state index < -0.39 is 9.54 Å². The van der Waals surface area contributed by atoms with Gasteiger partial charge in [-0.05, 0) is 0 Å². The first-order chi connectivity index (χ1) is 3.24. The quantitative estimate of drug-likeness (QED) is 0.550. The van der Waals surface area contributed by atoms with Gasteiger partial charge in [-0.2, -0.15) is 0 Å². The second-order valence-electron chi connectivity index (χ2n) is 3.13. The molecule has 0 fully saturated rings. The first kappa shape index (κ1) is 8.47. The Balaban J connectivity index is 8.77. The minimum atomic E-state index is -4.71. The molecule has 0 aliphatic heterocycles. The molecule has 0 spiro atoms. The second-order valence-corrected chi connectivity index (χ2v) is 25.7. The summed E-state index contributed by atoms with van der Waals surface area (Å²) in [5, 5.41) is 0. The molecule has 0 saturated heterocycles. The van der Waals surface area contributed by atoms with Crippen LogP contribution in [0.4, 0.5) is 0 Å². The van der Waals surface area contributed by atoms with Gasteiger partial charge in [0, 0.05) is 0 Å². The van der Waals surface area contributed by atoms with Crippen molar-refractivity contribution in [2.45, 2.75) is 0 Å². The molecule has 0 aromatic carbocycles. The van der Waals surface area contributed by atoms with E-state index in [-0.39, 0.29) is 0 Å². The molecule has 0 amide bonds. The van der Waals surface area contributed by atoms with Gasteiger partial charge in [-0.25, -0.2) is 0 Å².